The van der Waals surface area contributed by atoms with Gasteiger partial charge in [-0.1, -0.05) is 36.4 Å². The summed E-state index contributed by atoms with van der Waals surface area (Å²) in [5.74, 6) is 0.00660. The summed E-state index contributed by atoms with van der Waals surface area (Å²) in [6, 6.07) is 17.9. The van der Waals surface area contributed by atoms with E-state index in [0.717, 1.165) is 24.3 Å². The summed E-state index contributed by atoms with van der Waals surface area (Å²) < 4.78 is 1.73. The highest BCUT2D eigenvalue weighted by Crippen LogP contribution is 2.28. The van der Waals surface area contributed by atoms with E-state index in [9.17, 15) is 4.79 Å². The smallest absolute Gasteiger partial charge is 0.261 e. The van der Waals surface area contributed by atoms with Crippen LogP contribution in [0.3, 0.4) is 0 Å². The van der Waals surface area contributed by atoms with Gasteiger partial charge in [-0.15, -0.1) is 0 Å². The van der Waals surface area contributed by atoms with Gasteiger partial charge < -0.3 is 4.90 Å². The van der Waals surface area contributed by atoms with Gasteiger partial charge in [0.25, 0.3) is 5.91 Å². The molecule has 0 spiro atoms. The van der Waals surface area contributed by atoms with Crippen molar-refractivity contribution < 1.29 is 4.79 Å². The third-order valence-corrected chi connectivity index (χ3v) is 3.98. The van der Waals surface area contributed by atoms with Crippen molar-refractivity contribution in [3.8, 4) is 5.69 Å². The Kier molecular flexibility index (Phi) is 3.00. The molecule has 2 heterocycles. The van der Waals surface area contributed by atoms with Gasteiger partial charge in [0.05, 0.1) is 17.4 Å². The molecule has 1 aromatic heterocycles. The summed E-state index contributed by atoms with van der Waals surface area (Å²) in [5.41, 5.74) is 3.80. The third-order valence-electron chi connectivity index (χ3n) is 3.98. The molecule has 0 aliphatic carbocycles. The van der Waals surface area contributed by atoms with E-state index in [1.165, 1.54) is 5.56 Å². The van der Waals surface area contributed by atoms with E-state index >= 15 is 0 Å². The highest BCUT2D eigenvalue weighted by atomic mass is 16.2. The van der Waals surface area contributed by atoms with Crippen LogP contribution in [0.5, 0.6) is 0 Å². The monoisotopic (exact) mass is 289 g/mol. The van der Waals surface area contributed by atoms with Gasteiger partial charge in [0.1, 0.15) is 0 Å². The van der Waals surface area contributed by atoms with Crippen LogP contribution in [-0.2, 0) is 6.42 Å². The summed E-state index contributed by atoms with van der Waals surface area (Å²) in [6.45, 7) is 0.731. The van der Waals surface area contributed by atoms with Crippen molar-refractivity contribution in [3.05, 3.63) is 78.1 Å². The van der Waals surface area contributed by atoms with E-state index in [0.29, 0.717) is 5.56 Å². The minimum atomic E-state index is 0.00660. The molecule has 1 aliphatic rings. The van der Waals surface area contributed by atoms with Crippen LogP contribution in [0.25, 0.3) is 5.69 Å². The van der Waals surface area contributed by atoms with E-state index in [4.69, 9.17) is 0 Å². The van der Waals surface area contributed by atoms with Crippen LogP contribution < -0.4 is 4.90 Å². The predicted molar refractivity (Wildman–Crippen MR) is 85.4 cm³/mol. The number of hydrogen-bond acceptors (Lipinski definition) is 2. The zero-order valence-electron chi connectivity index (χ0n) is 12.0. The van der Waals surface area contributed by atoms with Crippen LogP contribution >= 0.6 is 0 Å². The van der Waals surface area contributed by atoms with Crippen LogP contribution in [0, 0.1) is 0 Å². The number of carbonyl (C=O) groups excluding carboxylic acids is 1. The molecular weight excluding hydrogens is 274 g/mol. The molecule has 3 aromatic rings. The SMILES string of the molecule is O=C(c1cnn(-c2ccccc2)c1)N1CCc2ccccc21. The van der Waals surface area contributed by atoms with Crippen molar-refractivity contribution in [2.75, 3.05) is 11.4 Å². The highest BCUT2D eigenvalue weighted by molar-refractivity contribution is 6.07. The van der Waals surface area contributed by atoms with E-state index < -0.39 is 0 Å². The summed E-state index contributed by atoms with van der Waals surface area (Å²) >= 11 is 0. The fourth-order valence-electron chi connectivity index (χ4n) is 2.86. The summed E-state index contributed by atoms with van der Waals surface area (Å²) in [6.07, 6.45) is 4.34. The lowest BCUT2D eigenvalue weighted by Gasteiger charge is -2.16. The molecule has 4 heteroatoms. The lowest BCUT2D eigenvalue weighted by Crippen LogP contribution is -2.28. The Labute approximate surface area is 128 Å². The highest BCUT2D eigenvalue weighted by Gasteiger charge is 2.25. The van der Waals surface area contributed by atoms with Gasteiger partial charge in [0, 0.05) is 18.4 Å². The van der Waals surface area contributed by atoms with E-state index in [1.807, 2.05) is 53.4 Å². The lowest BCUT2D eigenvalue weighted by molar-refractivity contribution is 0.0989. The number of benzene rings is 2. The summed E-state index contributed by atoms with van der Waals surface area (Å²) in [7, 11) is 0. The number of hydrogen-bond donors (Lipinski definition) is 0. The Balaban J connectivity index is 1.64. The Morgan fingerprint density at radius 2 is 1.77 bits per heavy atom. The van der Waals surface area contributed by atoms with Crippen LogP contribution in [0.2, 0.25) is 0 Å². The molecule has 0 N–H and O–H groups in total. The first-order chi connectivity index (χ1) is 10.8. The zero-order valence-corrected chi connectivity index (χ0v) is 12.0. The van der Waals surface area contributed by atoms with E-state index in [-0.39, 0.29) is 5.91 Å². The first-order valence-corrected chi connectivity index (χ1v) is 7.33. The molecule has 22 heavy (non-hydrogen) atoms. The first-order valence-electron chi connectivity index (χ1n) is 7.33. The molecule has 0 bridgehead atoms. The number of fused-ring (bicyclic) bond motifs is 1. The van der Waals surface area contributed by atoms with Crippen molar-refractivity contribution >= 4 is 11.6 Å². The Morgan fingerprint density at radius 3 is 2.64 bits per heavy atom. The molecular formula is C18H15N3O. The van der Waals surface area contributed by atoms with Crippen LogP contribution in [0.1, 0.15) is 15.9 Å². The zero-order chi connectivity index (χ0) is 14.9. The van der Waals surface area contributed by atoms with Gasteiger partial charge in [-0.2, -0.15) is 5.10 Å². The van der Waals surface area contributed by atoms with Gasteiger partial charge in [0.15, 0.2) is 0 Å². The maximum atomic E-state index is 12.7. The Hall–Kier alpha value is -2.88. The number of aromatic nitrogens is 2. The van der Waals surface area contributed by atoms with Crippen molar-refractivity contribution in [3.63, 3.8) is 0 Å². The van der Waals surface area contributed by atoms with Crippen LogP contribution in [-0.4, -0.2) is 22.2 Å². The summed E-state index contributed by atoms with van der Waals surface area (Å²) in [4.78, 5) is 14.6. The lowest BCUT2D eigenvalue weighted by atomic mass is 10.2. The van der Waals surface area contributed by atoms with Crippen molar-refractivity contribution in [2.24, 2.45) is 0 Å². The number of carbonyl (C=O) groups is 1. The quantitative estimate of drug-likeness (QED) is 0.727. The Morgan fingerprint density at radius 1 is 1.00 bits per heavy atom. The summed E-state index contributed by atoms with van der Waals surface area (Å²) in [5, 5.41) is 4.30. The second-order valence-corrected chi connectivity index (χ2v) is 5.34. The maximum absolute atomic E-state index is 12.7. The molecule has 4 rings (SSSR count). The number of rotatable bonds is 2. The van der Waals surface area contributed by atoms with Gasteiger partial charge in [-0.25, -0.2) is 4.68 Å². The minimum Gasteiger partial charge on any atom is -0.308 e. The normalized spacial score (nSPS) is 13.2. The molecule has 4 nitrogen and oxygen atoms in total. The molecule has 0 fully saturated rings. The van der Waals surface area contributed by atoms with Gasteiger partial charge in [-0.05, 0) is 30.2 Å². The van der Waals surface area contributed by atoms with Gasteiger partial charge >= 0.3 is 0 Å². The fourth-order valence-corrected chi connectivity index (χ4v) is 2.86. The molecule has 1 amide bonds. The van der Waals surface area contributed by atoms with Gasteiger partial charge in [0.2, 0.25) is 0 Å². The van der Waals surface area contributed by atoms with Gasteiger partial charge in [-0.3, -0.25) is 4.79 Å². The molecule has 108 valence electrons. The first kappa shape index (κ1) is 12.8. The maximum Gasteiger partial charge on any atom is 0.261 e. The molecule has 0 unspecified atom stereocenters. The third kappa shape index (κ3) is 2.09. The van der Waals surface area contributed by atoms with E-state index in [1.54, 1.807) is 17.1 Å². The molecule has 0 saturated carbocycles. The average Bonchev–Trinajstić information content (AvgIpc) is 3.22. The number of amides is 1. The second kappa shape index (κ2) is 5.15. The fraction of sp³-hybridized carbons (Fsp3) is 0.111. The molecule has 2 aromatic carbocycles. The molecule has 0 saturated heterocycles. The number of nitrogens with zero attached hydrogens (tertiary/aromatic N) is 3. The van der Waals surface area contributed by atoms with Crippen LogP contribution in [0.15, 0.2) is 67.0 Å². The second-order valence-electron chi connectivity index (χ2n) is 5.34. The number of anilines is 1. The molecule has 0 radical (unpaired) electrons. The minimum absolute atomic E-state index is 0.00660. The number of para-hydroxylation sites is 2. The standard InChI is InChI=1S/C18H15N3O/c22-18(20-11-10-14-6-4-5-9-17(14)20)15-12-19-21(13-15)16-7-2-1-3-8-16/h1-9,12-13H,10-11H2. The van der Waals surface area contributed by atoms with E-state index in [2.05, 4.69) is 11.2 Å². The van der Waals surface area contributed by atoms with Crippen molar-refractivity contribution in [1.29, 1.82) is 0 Å². The Bertz CT molecular complexity index is 823. The van der Waals surface area contributed by atoms with Crippen molar-refractivity contribution in [1.82, 2.24) is 9.78 Å². The topological polar surface area (TPSA) is 38.1 Å². The average molecular weight is 289 g/mol. The molecule has 0 atom stereocenters. The van der Waals surface area contributed by atoms with Crippen LogP contribution in [0.4, 0.5) is 5.69 Å². The van der Waals surface area contributed by atoms with Crippen molar-refractivity contribution in [2.45, 2.75) is 6.42 Å². The largest absolute Gasteiger partial charge is 0.308 e. The predicted octanol–water partition coefficient (Wildman–Crippen LogP) is 3.08. The molecule has 1 aliphatic heterocycles.